The van der Waals surface area contributed by atoms with Crippen LogP contribution in [0.15, 0.2) is 48.5 Å². The van der Waals surface area contributed by atoms with Gasteiger partial charge in [0.1, 0.15) is 12.3 Å². The van der Waals surface area contributed by atoms with Crippen molar-refractivity contribution in [2.45, 2.75) is 19.4 Å². The number of rotatable bonds is 5. The van der Waals surface area contributed by atoms with Crippen LogP contribution in [0.25, 0.3) is 5.57 Å². The van der Waals surface area contributed by atoms with Gasteiger partial charge in [-0.15, -0.1) is 0 Å². The summed E-state index contributed by atoms with van der Waals surface area (Å²) in [7, 11) is 3.91. The number of benzene rings is 2. The van der Waals surface area contributed by atoms with Crippen LogP contribution in [0, 0.1) is 0 Å². The average molecular weight is 341 g/mol. The summed E-state index contributed by atoms with van der Waals surface area (Å²) in [5, 5.41) is 9.28. The molecule has 1 heterocycles. The van der Waals surface area contributed by atoms with Crippen LogP contribution in [0.2, 0.25) is 0 Å². The lowest BCUT2D eigenvalue weighted by atomic mass is 9.92. The molecule has 4 heteroatoms. The lowest BCUT2D eigenvalue weighted by Gasteiger charge is -2.13. The van der Waals surface area contributed by atoms with Gasteiger partial charge in [-0.05, 0) is 54.9 Å². The molecule has 0 amide bonds. The van der Waals surface area contributed by atoms with Gasteiger partial charge in [-0.3, -0.25) is 4.79 Å². The van der Waals surface area contributed by atoms with Crippen molar-refractivity contribution in [1.29, 1.82) is 0 Å². The Bertz CT molecular complexity index is 970. The summed E-state index contributed by atoms with van der Waals surface area (Å²) in [6.07, 6.45) is 0.0618. The highest BCUT2D eigenvalue weighted by Gasteiger charge is 2.19. The van der Waals surface area contributed by atoms with E-state index in [4.69, 9.17) is 10.2 Å². The van der Waals surface area contributed by atoms with E-state index >= 15 is 0 Å². The van der Waals surface area contributed by atoms with E-state index in [1.165, 1.54) is 18.2 Å². The fourth-order valence-electron chi connectivity index (χ4n) is 2.78. The van der Waals surface area contributed by atoms with E-state index < -0.39 is 18.9 Å². The maximum Gasteiger partial charge on any atom is 0.307 e. The summed E-state index contributed by atoms with van der Waals surface area (Å²) in [5.74, 6) is -1.34. The number of fused-ring (bicyclic) bond motifs is 2. The van der Waals surface area contributed by atoms with Gasteiger partial charge in [0.05, 0.1) is 9.11 Å². The lowest BCUT2D eigenvalue weighted by Crippen LogP contribution is -2.12. The third kappa shape index (κ3) is 4.09. The van der Waals surface area contributed by atoms with Crippen molar-refractivity contribution in [2.75, 3.05) is 20.6 Å². The summed E-state index contributed by atoms with van der Waals surface area (Å²) in [6.45, 7) is -1.32. The Labute approximate surface area is 154 Å². The molecule has 0 aliphatic carbocycles. The average Bonchev–Trinajstić information content (AvgIpc) is 2.73. The van der Waals surface area contributed by atoms with E-state index in [1.807, 2.05) is 25.1 Å². The van der Waals surface area contributed by atoms with Crippen LogP contribution in [-0.4, -0.2) is 36.6 Å². The number of carboxylic acid groups (broad SMARTS) is 1. The SMILES string of the molecule is [2H]C1([2H])Oc2ccc(C([2H])([2H])C(=O)O)cc2/C(=C\CCN(C)C)c2ccccc21. The number of ether oxygens (including phenoxy) is 1. The van der Waals surface area contributed by atoms with Crippen LogP contribution in [-0.2, 0) is 17.7 Å². The standard InChI is InChI=1S/C21H23NO3/c1-22(2)11-5-8-18-17-7-4-3-6-16(17)14-25-20-10-9-15(12-19(18)20)13-21(23)24/h3-4,6-10,12H,5,11,13-14H2,1-2H3,(H,23,24)/b18-8-/i13D2,14D2. The maximum absolute atomic E-state index is 11.4. The van der Waals surface area contributed by atoms with E-state index in [-0.39, 0.29) is 11.3 Å². The number of carbonyl (C=O) groups is 1. The van der Waals surface area contributed by atoms with E-state index in [2.05, 4.69) is 0 Å². The molecule has 0 saturated heterocycles. The Hall–Kier alpha value is -2.59. The summed E-state index contributed by atoms with van der Waals surface area (Å²) < 4.78 is 38.3. The highest BCUT2D eigenvalue weighted by molar-refractivity contribution is 5.85. The smallest absolute Gasteiger partial charge is 0.307 e. The Morgan fingerprint density at radius 1 is 1.32 bits per heavy atom. The van der Waals surface area contributed by atoms with Crippen LogP contribution in [0.5, 0.6) is 5.75 Å². The predicted molar refractivity (Wildman–Crippen MR) is 98.8 cm³/mol. The number of aliphatic carboxylic acids is 1. The highest BCUT2D eigenvalue weighted by Crippen LogP contribution is 2.37. The molecule has 2 aromatic carbocycles. The van der Waals surface area contributed by atoms with Crippen molar-refractivity contribution in [3.63, 3.8) is 0 Å². The minimum absolute atomic E-state index is 0.0224. The third-order valence-corrected chi connectivity index (χ3v) is 3.93. The molecule has 130 valence electrons. The Balaban J connectivity index is 2.25. The van der Waals surface area contributed by atoms with E-state index in [9.17, 15) is 9.90 Å². The van der Waals surface area contributed by atoms with Crippen molar-refractivity contribution in [1.82, 2.24) is 4.90 Å². The monoisotopic (exact) mass is 341 g/mol. The van der Waals surface area contributed by atoms with Crippen molar-refractivity contribution in [3.05, 3.63) is 70.8 Å². The first-order valence-corrected chi connectivity index (χ1v) is 8.06. The molecule has 0 saturated carbocycles. The fraction of sp³-hybridized carbons (Fsp3) is 0.286. The first-order valence-electron chi connectivity index (χ1n) is 10.1. The van der Waals surface area contributed by atoms with E-state index in [1.54, 1.807) is 24.3 Å². The Morgan fingerprint density at radius 2 is 2.12 bits per heavy atom. The molecule has 1 aliphatic rings. The van der Waals surface area contributed by atoms with Crippen LogP contribution >= 0.6 is 0 Å². The zero-order valence-electron chi connectivity index (χ0n) is 18.2. The molecular weight excluding hydrogens is 314 g/mol. The summed E-state index contributed by atoms with van der Waals surface area (Å²) >= 11 is 0. The molecule has 2 aromatic rings. The van der Waals surface area contributed by atoms with Gasteiger partial charge in [0, 0.05) is 14.8 Å². The molecule has 0 atom stereocenters. The quantitative estimate of drug-likeness (QED) is 0.903. The Kier molecular flexibility index (Phi) is 3.83. The van der Waals surface area contributed by atoms with Crippen LogP contribution in [0.3, 0.4) is 0 Å². The van der Waals surface area contributed by atoms with Gasteiger partial charge in [0.2, 0.25) is 0 Å². The van der Waals surface area contributed by atoms with Crippen molar-refractivity contribution in [2.24, 2.45) is 0 Å². The lowest BCUT2D eigenvalue weighted by molar-refractivity contribution is -0.136. The molecular formula is C21H23NO3. The molecule has 1 N–H and O–H groups in total. The predicted octanol–water partition coefficient (Wildman–Crippen LogP) is 3.59. The van der Waals surface area contributed by atoms with Gasteiger partial charge in [-0.2, -0.15) is 0 Å². The third-order valence-electron chi connectivity index (χ3n) is 3.93. The van der Waals surface area contributed by atoms with Crippen molar-refractivity contribution >= 4 is 11.5 Å². The summed E-state index contributed by atoms with van der Waals surface area (Å²) in [5.41, 5.74) is 2.16. The van der Waals surface area contributed by atoms with Gasteiger partial charge in [0.15, 0.2) is 0 Å². The molecule has 1 aliphatic heterocycles. The largest absolute Gasteiger partial charge is 0.488 e. The number of nitrogens with zero attached hydrogens (tertiary/aromatic N) is 1. The fourth-order valence-corrected chi connectivity index (χ4v) is 2.78. The molecule has 0 aromatic heterocycles. The Morgan fingerprint density at radius 3 is 2.88 bits per heavy atom. The second kappa shape index (κ2) is 7.53. The summed E-state index contributed by atoms with van der Waals surface area (Å²) in [4.78, 5) is 13.4. The van der Waals surface area contributed by atoms with Crippen LogP contribution in [0.4, 0.5) is 0 Å². The van der Waals surface area contributed by atoms with Gasteiger partial charge in [-0.1, -0.05) is 36.4 Å². The number of hydrogen-bond donors (Lipinski definition) is 1. The zero-order chi connectivity index (χ0) is 21.4. The molecule has 0 radical (unpaired) electrons. The molecule has 4 nitrogen and oxygen atoms in total. The zero-order valence-corrected chi connectivity index (χ0v) is 14.2. The van der Waals surface area contributed by atoms with Gasteiger partial charge < -0.3 is 14.7 Å². The number of carboxylic acids is 1. The second-order valence-corrected chi connectivity index (χ2v) is 6.10. The van der Waals surface area contributed by atoms with Crippen LogP contribution < -0.4 is 4.74 Å². The van der Waals surface area contributed by atoms with Crippen LogP contribution in [0.1, 0.15) is 34.2 Å². The number of hydrogen-bond acceptors (Lipinski definition) is 3. The van der Waals surface area contributed by atoms with Crippen molar-refractivity contribution in [3.8, 4) is 5.75 Å². The topological polar surface area (TPSA) is 49.8 Å². The van der Waals surface area contributed by atoms with E-state index in [0.29, 0.717) is 28.7 Å². The van der Waals surface area contributed by atoms with E-state index in [0.717, 1.165) is 6.54 Å². The van der Waals surface area contributed by atoms with Gasteiger partial charge in [0.25, 0.3) is 0 Å². The summed E-state index contributed by atoms with van der Waals surface area (Å²) in [6, 6.07) is 11.2. The molecule has 0 spiro atoms. The molecule has 25 heavy (non-hydrogen) atoms. The molecule has 0 bridgehead atoms. The highest BCUT2D eigenvalue weighted by atomic mass is 16.5. The minimum Gasteiger partial charge on any atom is -0.488 e. The molecule has 0 unspecified atom stereocenters. The first kappa shape index (κ1) is 12.7. The van der Waals surface area contributed by atoms with Gasteiger partial charge >= 0.3 is 5.97 Å². The first-order chi connectivity index (χ1) is 13.5. The van der Waals surface area contributed by atoms with Crippen molar-refractivity contribution < 1.29 is 20.1 Å². The van der Waals surface area contributed by atoms with Gasteiger partial charge in [-0.25, -0.2) is 0 Å². The normalized spacial score (nSPS) is 19.6. The second-order valence-electron chi connectivity index (χ2n) is 6.10. The molecule has 3 rings (SSSR count). The minimum atomic E-state index is -2.57. The maximum atomic E-state index is 11.4. The molecule has 0 fully saturated rings.